The molecule has 3 aromatic rings. The molecule has 0 aliphatic heterocycles. The summed E-state index contributed by atoms with van der Waals surface area (Å²) in [6.45, 7) is 0. The second kappa shape index (κ2) is 8.84. The quantitative estimate of drug-likeness (QED) is 0.568. The monoisotopic (exact) mass is 428 g/mol. The van der Waals surface area contributed by atoms with Crippen LogP contribution in [-0.2, 0) is 4.79 Å². The van der Waals surface area contributed by atoms with Gasteiger partial charge in [-0.3, -0.25) is 14.5 Å². The molecule has 1 aromatic carbocycles. The zero-order valence-electron chi connectivity index (χ0n) is 15.7. The second-order valence-corrected chi connectivity index (χ2v) is 8.40. The van der Waals surface area contributed by atoms with Gasteiger partial charge < -0.3 is 9.73 Å². The van der Waals surface area contributed by atoms with Crippen LogP contribution in [0.2, 0.25) is 5.02 Å². The van der Waals surface area contributed by atoms with E-state index in [-0.39, 0.29) is 17.7 Å². The number of furan rings is 1. The highest BCUT2D eigenvalue weighted by atomic mass is 35.5. The molecule has 29 heavy (non-hydrogen) atoms. The minimum Gasteiger partial charge on any atom is -0.459 e. The summed E-state index contributed by atoms with van der Waals surface area (Å²) in [7, 11) is 0. The van der Waals surface area contributed by atoms with Gasteiger partial charge in [0.1, 0.15) is 0 Å². The number of rotatable bonds is 6. The van der Waals surface area contributed by atoms with E-state index in [0.29, 0.717) is 10.7 Å². The van der Waals surface area contributed by atoms with Gasteiger partial charge in [-0.15, -0.1) is 11.3 Å². The lowest BCUT2D eigenvalue weighted by molar-refractivity contribution is -0.123. The van der Waals surface area contributed by atoms with E-state index in [1.165, 1.54) is 22.5 Å². The fourth-order valence-corrected chi connectivity index (χ4v) is 4.74. The summed E-state index contributed by atoms with van der Waals surface area (Å²) >= 11 is 7.88. The SMILES string of the molecule is O=C(NC1CCCC1)[C@H](c1cccs1)N(C(=O)c1ccco1)c1ccccc1Cl. The predicted octanol–water partition coefficient (Wildman–Crippen LogP) is 5.44. The summed E-state index contributed by atoms with van der Waals surface area (Å²) in [5.41, 5.74) is 0.468. The highest BCUT2D eigenvalue weighted by Crippen LogP contribution is 2.36. The average molecular weight is 429 g/mol. The molecular weight excluding hydrogens is 408 g/mol. The van der Waals surface area contributed by atoms with Crippen LogP contribution in [0, 0.1) is 0 Å². The Morgan fingerprint density at radius 3 is 2.55 bits per heavy atom. The molecule has 0 unspecified atom stereocenters. The van der Waals surface area contributed by atoms with Crippen molar-refractivity contribution in [3.8, 4) is 0 Å². The summed E-state index contributed by atoms with van der Waals surface area (Å²) < 4.78 is 5.36. The standard InChI is InChI=1S/C22H21ClN2O3S/c23-16-9-3-4-10-17(16)25(22(27)18-11-5-13-28-18)20(19-12-6-14-29-19)21(26)24-15-7-1-2-8-15/h3-6,9-15,20H,1-2,7-8H2,(H,24,26)/t20-/m0/s1. The number of benzene rings is 1. The summed E-state index contributed by atoms with van der Waals surface area (Å²) in [4.78, 5) is 29.1. The van der Waals surface area contributed by atoms with E-state index < -0.39 is 11.9 Å². The number of halogens is 1. The minimum absolute atomic E-state index is 0.136. The van der Waals surface area contributed by atoms with Crippen molar-refractivity contribution in [2.75, 3.05) is 4.90 Å². The zero-order valence-corrected chi connectivity index (χ0v) is 17.3. The van der Waals surface area contributed by atoms with Gasteiger partial charge in [-0.05, 0) is 48.6 Å². The van der Waals surface area contributed by atoms with Crippen molar-refractivity contribution < 1.29 is 14.0 Å². The zero-order chi connectivity index (χ0) is 20.2. The Labute approximate surface area is 178 Å². The highest BCUT2D eigenvalue weighted by Gasteiger charge is 2.37. The van der Waals surface area contributed by atoms with E-state index in [1.54, 1.807) is 36.4 Å². The number of anilines is 1. The molecule has 1 saturated carbocycles. The Kier molecular flexibility index (Phi) is 6.02. The predicted molar refractivity (Wildman–Crippen MR) is 114 cm³/mol. The molecule has 150 valence electrons. The van der Waals surface area contributed by atoms with Crippen LogP contribution < -0.4 is 10.2 Å². The number of hydrogen-bond donors (Lipinski definition) is 1. The van der Waals surface area contributed by atoms with Crippen molar-refractivity contribution in [3.63, 3.8) is 0 Å². The molecule has 0 saturated heterocycles. The molecule has 4 rings (SSSR count). The first kappa shape index (κ1) is 19.7. The van der Waals surface area contributed by atoms with Crippen LogP contribution in [0.15, 0.2) is 64.6 Å². The van der Waals surface area contributed by atoms with Gasteiger partial charge in [-0.1, -0.05) is 42.6 Å². The van der Waals surface area contributed by atoms with Gasteiger partial charge in [0.2, 0.25) is 5.91 Å². The molecule has 2 heterocycles. The average Bonchev–Trinajstić information content (AvgIpc) is 3.49. The van der Waals surface area contributed by atoms with Crippen LogP contribution in [0.25, 0.3) is 0 Å². The second-order valence-electron chi connectivity index (χ2n) is 7.01. The van der Waals surface area contributed by atoms with Crippen molar-refractivity contribution in [2.24, 2.45) is 0 Å². The fraction of sp³-hybridized carbons (Fsp3) is 0.273. The van der Waals surface area contributed by atoms with E-state index >= 15 is 0 Å². The summed E-state index contributed by atoms with van der Waals surface area (Å²) in [6, 6.07) is 13.3. The van der Waals surface area contributed by atoms with Crippen molar-refractivity contribution in [1.82, 2.24) is 5.32 Å². The first-order chi connectivity index (χ1) is 14.1. The first-order valence-corrected chi connectivity index (χ1v) is 10.9. The minimum atomic E-state index is -0.840. The van der Waals surface area contributed by atoms with Gasteiger partial charge in [0.25, 0.3) is 5.91 Å². The maximum atomic E-state index is 13.4. The summed E-state index contributed by atoms with van der Waals surface area (Å²) in [5, 5.41) is 5.42. The number of nitrogens with zero attached hydrogens (tertiary/aromatic N) is 1. The van der Waals surface area contributed by atoms with E-state index in [4.69, 9.17) is 16.0 Å². The molecule has 0 bridgehead atoms. The van der Waals surface area contributed by atoms with Gasteiger partial charge >= 0.3 is 0 Å². The smallest absolute Gasteiger partial charge is 0.295 e. The van der Waals surface area contributed by atoms with Crippen LogP contribution in [0.1, 0.15) is 47.2 Å². The van der Waals surface area contributed by atoms with Gasteiger partial charge in [-0.2, -0.15) is 0 Å². The van der Waals surface area contributed by atoms with Crippen molar-refractivity contribution >= 4 is 40.4 Å². The van der Waals surface area contributed by atoms with E-state index in [9.17, 15) is 9.59 Å². The van der Waals surface area contributed by atoms with Crippen molar-refractivity contribution in [1.29, 1.82) is 0 Å². The van der Waals surface area contributed by atoms with Crippen LogP contribution in [-0.4, -0.2) is 17.9 Å². The third kappa shape index (κ3) is 4.23. The molecule has 2 amide bonds. The van der Waals surface area contributed by atoms with Crippen LogP contribution >= 0.6 is 22.9 Å². The summed E-state index contributed by atoms with van der Waals surface area (Å²) in [6.07, 6.45) is 5.57. The number of carbonyl (C=O) groups excluding carboxylic acids is 2. The Morgan fingerprint density at radius 1 is 1.10 bits per heavy atom. The topological polar surface area (TPSA) is 62.6 Å². The number of para-hydroxylation sites is 1. The Bertz CT molecular complexity index is 966. The van der Waals surface area contributed by atoms with Crippen molar-refractivity contribution in [2.45, 2.75) is 37.8 Å². The number of thiophene rings is 1. The summed E-state index contributed by atoms with van der Waals surface area (Å²) in [5.74, 6) is -0.470. The van der Waals surface area contributed by atoms with Crippen LogP contribution in [0.4, 0.5) is 5.69 Å². The third-order valence-electron chi connectivity index (χ3n) is 5.08. The molecule has 1 aliphatic rings. The Hall–Kier alpha value is -2.57. The van der Waals surface area contributed by atoms with Crippen molar-refractivity contribution in [3.05, 3.63) is 75.8 Å². The molecule has 5 nitrogen and oxygen atoms in total. The van der Waals surface area contributed by atoms with Crippen LogP contribution in [0.5, 0.6) is 0 Å². The molecule has 7 heteroatoms. The first-order valence-electron chi connectivity index (χ1n) is 9.60. The molecule has 1 fully saturated rings. The number of carbonyl (C=O) groups is 2. The Balaban J connectivity index is 1.78. The maximum Gasteiger partial charge on any atom is 0.295 e. The number of hydrogen-bond acceptors (Lipinski definition) is 4. The van der Waals surface area contributed by atoms with E-state index in [1.807, 2.05) is 17.5 Å². The number of amides is 2. The largest absolute Gasteiger partial charge is 0.459 e. The normalized spacial score (nSPS) is 15.2. The number of nitrogens with one attached hydrogen (secondary N) is 1. The molecule has 1 aliphatic carbocycles. The van der Waals surface area contributed by atoms with Crippen LogP contribution in [0.3, 0.4) is 0 Å². The molecule has 0 radical (unpaired) electrons. The maximum absolute atomic E-state index is 13.4. The fourth-order valence-electron chi connectivity index (χ4n) is 3.70. The van der Waals surface area contributed by atoms with E-state index in [0.717, 1.165) is 30.6 Å². The lowest BCUT2D eigenvalue weighted by atomic mass is 10.1. The molecular formula is C22H21ClN2O3S. The lowest BCUT2D eigenvalue weighted by Crippen LogP contribution is -2.46. The van der Waals surface area contributed by atoms with E-state index in [2.05, 4.69) is 5.32 Å². The Morgan fingerprint density at radius 2 is 1.90 bits per heavy atom. The van der Waals surface area contributed by atoms with Gasteiger partial charge in [0.05, 0.1) is 17.0 Å². The molecule has 1 atom stereocenters. The molecule has 1 N–H and O–H groups in total. The molecule has 2 aromatic heterocycles. The third-order valence-corrected chi connectivity index (χ3v) is 6.33. The lowest BCUT2D eigenvalue weighted by Gasteiger charge is -2.31. The molecule has 0 spiro atoms. The highest BCUT2D eigenvalue weighted by molar-refractivity contribution is 7.10. The van der Waals surface area contributed by atoms with Gasteiger partial charge in [0, 0.05) is 10.9 Å². The van der Waals surface area contributed by atoms with Gasteiger partial charge in [-0.25, -0.2) is 0 Å². The van der Waals surface area contributed by atoms with Gasteiger partial charge in [0.15, 0.2) is 11.8 Å².